The molecule has 1 fully saturated rings. The van der Waals surface area contributed by atoms with Crippen LogP contribution in [0.4, 0.5) is 0 Å². The van der Waals surface area contributed by atoms with Crippen molar-refractivity contribution in [1.29, 1.82) is 0 Å². The summed E-state index contributed by atoms with van der Waals surface area (Å²) < 4.78 is 11.1. The van der Waals surface area contributed by atoms with Crippen LogP contribution in [0.2, 0.25) is 0 Å². The minimum absolute atomic E-state index is 0.0876. The highest BCUT2D eigenvalue weighted by Crippen LogP contribution is 2.48. The maximum absolute atomic E-state index is 14.4. The van der Waals surface area contributed by atoms with Crippen molar-refractivity contribution in [2.75, 3.05) is 13.7 Å². The lowest BCUT2D eigenvalue weighted by Crippen LogP contribution is -2.25. The molecule has 3 aromatic rings. The van der Waals surface area contributed by atoms with Crippen molar-refractivity contribution >= 4 is 47.6 Å². The highest BCUT2D eigenvalue weighted by molar-refractivity contribution is 6.24. The quantitative estimate of drug-likeness (QED) is 0.0508. The molecule has 6 rings (SSSR count). The Morgan fingerprint density at radius 1 is 0.828 bits per heavy atom. The Balaban J connectivity index is 1.21. The average Bonchev–Trinajstić information content (AvgIpc) is 3.99. The maximum Gasteiger partial charge on any atom is 0.321 e. The topological polar surface area (TPSA) is 129 Å². The third-order valence-corrected chi connectivity index (χ3v) is 14.6. The van der Waals surface area contributed by atoms with Gasteiger partial charge in [0.25, 0.3) is 0 Å². The van der Waals surface area contributed by atoms with Crippen molar-refractivity contribution in [3.63, 3.8) is 0 Å². The number of fused-ring (bicyclic) bond motifs is 7. The summed E-state index contributed by atoms with van der Waals surface area (Å²) >= 11 is 0. The van der Waals surface area contributed by atoms with Crippen molar-refractivity contribution in [2.24, 2.45) is 35.5 Å². The molecular formula is C55H76N4O5. The van der Waals surface area contributed by atoms with E-state index in [0.29, 0.717) is 23.3 Å². The van der Waals surface area contributed by atoms with Crippen LogP contribution in [0, 0.1) is 56.3 Å². The molecule has 9 heteroatoms. The summed E-state index contributed by atoms with van der Waals surface area (Å²) in [6.07, 6.45) is 23.1. The SMILES string of the molecule is C=Cc1c2[nH]c(c1C)/C=C1\N/C(=C3\c4[nH]c(c(C)c4C(=O)[C@H]3C(=O)OC)/C=c3\[nH]/c(c(C)c3CC)=C\2)[C@@H](CCC(=O)OC/C=C(/C)CCC[C@H](C)CCC[C@H](C)CCCC(C)C)[C@@H]1C. The van der Waals surface area contributed by atoms with Crippen LogP contribution in [0.15, 0.2) is 29.6 Å². The molecular weight excluding hydrogens is 797 g/mol. The van der Waals surface area contributed by atoms with Crippen LogP contribution in [0.25, 0.3) is 29.9 Å². The molecule has 5 heterocycles. The highest BCUT2D eigenvalue weighted by Gasteiger charge is 2.48. The van der Waals surface area contributed by atoms with E-state index in [1.165, 1.54) is 63.2 Å². The zero-order chi connectivity index (χ0) is 46.4. The molecule has 0 saturated carbocycles. The first-order chi connectivity index (χ1) is 30.6. The maximum atomic E-state index is 14.4. The Morgan fingerprint density at radius 3 is 2.14 bits per heavy atom. The minimum Gasteiger partial charge on any atom is -0.468 e. The van der Waals surface area contributed by atoms with E-state index in [1.54, 1.807) is 0 Å². The van der Waals surface area contributed by atoms with Gasteiger partial charge in [0.05, 0.1) is 12.8 Å². The molecule has 64 heavy (non-hydrogen) atoms. The third-order valence-electron chi connectivity index (χ3n) is 14.6. The van der Waals surface area contributed by atoms with Gasteiger partial charge in [-0.1, -0.05) is 105 Å². The van der Waals surface area contributed by atoms with Crippen molar-refractivity contribution in [2.45, 2.75) is 146 Å². The van der Waals surface area contributed by atoms with E-state index < -0.39 is 11.9 Å². The Kier molecular flexibility index (Phi) is 16.1. The molecule has 0 amide bonds. The molecule has 0 spiro atoms. The van der Waals surface area contributed by atoms with Crippen LogP contribution in [-0.4, -0.2) is 46.4 Å². The van der Waals surface area contributed by atoms with Gasteiger partial charge < -0.3 is 29.7 Å². The minimum atomic E-state index is -1.14. The van der Waals surface area contributed by atoms with E-state index in [9.17, 15) is 14.4 Å². The number of esters is 2. The van der Waals surface area contributed by atoms with Crippen LogP contribution in [0.5, 0.6) is 0 Å². The monoisotopic (exact) mass is 873 g/mol. The van der Waals surface area contributed by atoms with Gasteiger partial charge in [-0.05, 0) is 118 Å². The smallest absolute Gasteiger partial charge is 0.321 e. The summed E-state index contributed by atoms with van der Waals surface area (Å²) in [6.45, 7) is 26.4. The van der Waals surface area contributed by atoms with Crippen LogP contribution in [-0.2, 0) is 25.5 Å². The Labute approximate surface area is 382 Å². The van der Waals surface area contributed by atoms with Crippen LogP contribution < -0.4 is 16.0 Å². The lowest BCUT2D eigenvalue weighted by atomic mass is 9.85. The second-order valence-corrected chi connectivity index (χ2v) is 19.7. The second kappa shape index (κ2) is 21.3. The number of H-pyrrole nitrogens is 3. The average molecular weight is 873 g/mol. The first-order valence-electron chi connectivity index (χ1n) is 24.2. The standard InChI is InChI=1S/C55H76N4O5/c1-13-39-35(8)42-28-44-37(10)41(24-25-48(60)64-27-26-34(7)23-17-22-33(6)21-16-20-32(5)19-15-18-31(3)4)52(58-44)50-51(55(62)63-12)54(61)49-38(11)45(59-53(49)50)30-47-40(14-2)36(9)43(57-47)29-46(39)56-42/h13,26,28-33,37,41,51,56-59H,1,14-25,27H2,2-12H3/b34-26-,43-29-,44-28-,47-30-,52-50-/t32-,33-,37+,41+,51+/m1/s1. The fourth-order valence-corrected chi connectivity index (χ4v) is 10.4. The number of nitrogens with one attached hydrogen (secondary N) is 4. The zero-order valence-corrected chi connectivity index (χ0v) is 40.8. The fourth-order valence-electron chi connectivity index (χ4n) is 10.4. The van der Waals surface area contributed by atoms with Crippen LogP contribution in [0.1, 0.15) is 180 Å². The van der Waals surface area contributed by atoms with Crippen molar-refractivity contribution in [1.82, 2.24) is 20.3 Å². The number of carbonyl (C=O) groups excluding carboxylic acids is 3. The van der Waals surface area contributed by atoms with Crippen LogP contribution >= 0.6 is 0 Å². The van der Waals surface area contributed by atoms with Crippen molar-refractivity contribution < 1.29 is 23.9 Å². The largest absolute Gasteiger partial charge is 0.468 e. The van der Waals surface area contributed by atoms with Gasteiger partial charge in [-0.3, -0.25) is 14.4 Å². The number of allylic oxidation sites excluding steroid dienone is 3. The van der Waals surface area contributed by atoms with E-state index in [0.717, 1.165) is 98.4 Å². The highest BCUT2D eigenvalue weighted by atomic mass is 16.5. The number of aromatic amines is 3. The Bertz CT molecular complexity index is 2450. The normalized spacial score (nSPS) is 22.0. The van der Waals surface area contributed by atoms with Gasteiger partial charge in [-0.2, -0.15) is 0 Å². The number of ketones is 1. The molecule has 8 bridgehead atoms. The number of carbonyl (C=O) groups is 3. The molecule has 0 aromatic carbocycles. The molecule has 4 N–H and O–H groups in total. The number of aromatic nitrogens is 3. The number of hydrogen-bond acceptors (Lipinski definition) is 6. The number of methoxy groups -OCH3 is 1. The van der Waals surface area contributed by atoms with Gasteiger partial charge in [0.2, 0.25) is 0 Å². The van der Waals surface area contributed by atoms with Gasteiger partial charge in [-0.15, -0.1) is 0 Å². The molecule has 0 unspecified atom stereocenters. The van der Waals surface area contributed by atoms with E-state index in [-0.39, 0.29) is 36.6 Å². The number of rotatable bonds is 20. The summed E-state index contributed by atoms with van der Waals surface area (Å²) in [7, 11) is 1.32. The van der Waals surface area contributed by atoms with E-state index in [2.05, 4.69) is 107 Å². The number of ether oxygens (including phenoxy) is 2. The van der Waals surface area contributed by atoms with Crippen molar-refractivity contribution in [3.8, 4) is 0 Å². The fraction of sp³-hybridized carbons (Fsp3) is 0.545. The van der Waals surface area contributed by atoms with Gasteiger partial charge in [0.1, 0.15) is 12.5 Å². The molecule has 1 saturated heterocycles. The van der Waals surface area contributed by atoms with E-state index in [1.807, 2.05) is 19.1 Å². The van der Waals surface area contributed by atoms with Gasteiger partial charge in [0, 0.05) is 74.1 Å². The molecule has 9 nitrogen and oxygen atoms in total. The van der Waals surface area contributed by atoms with Crippen LogP contribution in [0.3, 0.4) is 0 Å². The van der Waals surface area contributed by atoms with E-state index >= 15 is 0 Å². The summed E-state index contributed by atoms with van der Waals surface area (Å²) in [4.78, 5) is 52.4. The third kappa shape index (κ3) is 10.6. The Hall–Kier alpha value is -5.05. The predicted octanol–water partition coefficient (Wildman–Crippen LogP) is 11.1. The molecule has 346 valence electrons. The van der Waals surface area contributed by atoms with Gasteiger partial charge in [0.15, 0.2) is 5.78 Å². The predicted molar refractivity (Wildman–Crippen MR) is 262 cm³/mol. The summed E-state index contributed by atoms with van der Waals surface area (Å²) in [5.74, 6) is -0.275. The summed E-state index contributed by atoms with van der Waals surface area (Å²) in [5, 5.41) is 5.66. The Morgan fingerprint density at radius 2 is 1.48 bits per heavy atom. The molecule has 3 aromatic heterocycles. The summed E-state index contributed by atoms with van der Waals surface area (Å²) in [6, 6.07) is 0. The lowest BCUT2D eigenvalue weighted by molar-refractivity contribution is -0.143. The summed E-state index contributed by atoms with van der Waals surface area (Å²) in [5.41, 5.74) is 12.5. The van der Waals surface area contributed by atoms with E-state index in [4.69, 9.17) is 9.47 Å². The molecule has 1 aliphatic carbocycles. The number of Topliss-reactive ketones (excluding diaryl/α,β-unsaturated/α-hetero) is 1. The number of hydrogen-bond donors (Lipinski definition) is 4. The van der Waals surface area contributed by atoms with Gasteiger partial charge in [-0.25, -0.2) is 0 Å². The first kappa shape index (κ1) is 48.4. The molecule has 0 radical (unpaired) electrons. The van der Waals surface area contributed by atoms with Crippen molar-refractivity contribution in [3.05, 3.63) is 96.5 Å². The first-order valence-corrected chi connectivity index (χ1v) is 24.2. The van der Waals surface area contributed by atoms with Gasteiger partial charge >= 0.3 is 11.9 Å². The second-order valence-electron chi connectivity index (χ2n) is 19.7. The molecule has 2 aliphatic heterocycles. The molecule has 3 aliphatic rings. The lowest BCUT2D eigenvalue weighted by Gasteiger charge is -2.19. The molecule has 5 atom stereocenters. The zero-order valence-electron chi connectivity index (χ0n) is 40.8.